The maximum Gasteiger partial charge on any atom is 0.185 e. The van der Waals surface area contributed by atoms with Crippen molar-refractivity contribution in [3.63, 3.8) is 0 Å². The van der Waals surface area contributed by atoms with Crippen LogP contribution in [0, 0.1) is 0 Å². The van der Waals surface area contributed by atoms with Gasteiger partial charge in [-0.2, -0.15) is 0 Å². The second kappa shape index (κ2) is 6.56. The van der Waals surface area contributed by atoms with E-state index in [2.05, 4.69) is 0 Å². The summed E-state index contributed by atoms with van der Waals surface area (Å²) in [6.45, 7) is -0.375. The third-order valence-corrected chi connectivity index (χ3v) is 9.60. The van der Waals surface area contributed by atoms with Gasteiger partial charge in [-0.05, 0) is 29.8 Å². The summed E-state index contributed by atoms with van der Waals surface area (Å²) in [5.41, 5.74) is 0.406. The third kappa shape index (κ3) is 2.84. The lowest BCUT2D eigenvalue weighted by Crippen LogP contribution is -2.47. The maximum atomic E-state index is 13.3. The SMILES string of the molecule is O=S(=O)(c1ccccc1)[C@H]1[C@H](S(=O)(=O)c2ccccc2)[C@@H]2O[C@H]1C=C2CO. The molecule has 4 atom stereocenters. The van der Waals surface area contributed by atoms with Gasteiger partial charge in [0.2, 0.25) is 0 Å². The van der Waals surface area contributed by atoms with Crippen molar-refractivity contribution in [2.45, 2.75) is 32.5 Å². The van der Waals surface area contributed by atoms with E-state index in [0.29, 0.717) is 5.57 Å². The summed E-state index contributed by atoms with van der Waals surface area (Å²) < 4.78 is 58.9. The van der Waals surface area contributed by atoms with Gasteiger partial charge in [-0.15, -0.1) is 0 Å². The Hall–Kier alpha value is -2.00. The number of benzene rings is 2. The summed E-state index contributed by atoms with van der Waals surface area (Å²) in [6, 6.07) is 15.5. The molecule has 1 fully saturated rings. The Balaban J connectivity index is 1.87. The topological polar surface area (TPSA) is 97.7 Å². The van der Waals surface area contributed by atoms with Crippen LogP contribution in [0.15, 0.2) is 82.1 Å². The van der Waals surface area contributed by atoms with Crippen LogP contribution in [0.1, 0.15) is 0 Å². The lowest BCUT2D eigenvalue weighted by Gasteiger charge is -2.27. The molecule has 0 unspecified atom stereocenters. The molecule has 2 bridgehead atoms. The zero-order valence-corrected chi connectivity index (χ0v) is 15.8. The number of hydrogen-bond donors (Lipinski definition) is 1. The van der Waals surface area contributed by atoms with Crippen LogP contribution in [0.2, 0.25) is 0 Å². The van der Waals surface area contributed by atoms with E-state index in [0.717, 1.165) is 0 Å². The van der Waals surface area contributed by atoms with Crippen molar-refractivity contribution >= 4 is 19.7 Å². The molecule has 2 aromatic carbocycles. The molecule has 2 heterocycles. The molecule has 4 rings (SSSR count). The average Bonchev–Trinajstić information content (AvgIpc) is 3.28. The van der Waals surface area contributed by atoms with Crippen LogP contribution in [0.3, 0.4) is 0 Å². The van der Waals surface area contributed by atoms with Crippen molar-refractivity contribution in [3.05, 3.63) is 72.3 Å². The van der Waals surface area contributed by atoms with E-state index in [1.807, 2.05) is 0 Å². The highest BCUT2D eigenvalue weighted by Gasteiger charge is 2.60. The van der Waals surface area contributed by atoms with E-state index >= 15 is 0 Å². The first kappa shape index (κ1) is 18.4. The van der Waals surface area contributed by atoms with Crippen molar-refractivity contribution in [1.29, 1.82) is 0 Å². The van der Waals surface area contributed by atoms with Gasteiger partial charge in [0.15, 0.2) is 19.7 Å². The fraction of sp³-hybridized carbons (Fsp3) is 0.263. The van der Waals surface area contributed by atoms with E-state index in [-0.39, 0.29) is 16.4 Å². The Morgan fingerprint density at radius 2 is 1.26 bits per heavy atom. The zero-order chi connectivity index (χ0) is 19.2. The third-order valence-electron chi connectivity index (χ3n) is 5.04. The predicted molar refractivity (Wildman–Crippen MR) is 98.7 cm³/mol. The summed E-state index contributed by atoms with van der Waals surface area (Å²) >= 11 is 0. The normalized spacial score (nSPS) is 27.5. The summed E-state index contributed by atoms with van der Waals surface area (Å²) in [5.74, 6) is 0. The minimum Gasteiger partial charge on any atom is -0.392 e. The largest absolute Gasteiger partial charge is 0.392 e. The van der Waals surface area contributed by atoms with Crippen molar-refractivity contribution in [2.24, 2.45) is 0 Å². The molecule has 27 heavy (non-hydrogen) atoms. The number of aliphatic hydroxyl groups excluding tert-OH is 1. The monoisotopic (exact) mass is 406 g/mol. The first-order valence-electron chi connectivity index (χ1n) is 8.42. The summed E-state index contributed by atoms with van der Waals surface area (Å²) in [5, 5.41) is 6.97. The van der Waals surface area contributed by atoms with Gasteiger partial charge in [0, 0.05) is 0 Å². The first-order chi connectivity index (χ1) is 12.9. The Bertz CT molecular complexity index is 1080. The van der Waals surface area contributed by atoms with Crippen LogP contribution in [0.25, 0.3) is 0 Å². The molecule has 0 aromatic heterocycles. The lowest BCUT2D eigenvalue weighted by molar-refractivity contribution is 0.111. The Labute approximate surface area is 158 Å². The summed E-state index contributed by atoms with van der Waals surface area (Å²) in [7, 11) is -7.98. The molecule has 2 aliphatic rings. The lowest BCUT2D eigenvalue weighted by atomic mass is 9.99. The molecule has 6 nitrogen and oxygen atoms in total. The number of ether oxygens (including phenoxy) is 1. The van der Waals surface area contributed by atoms with Crippen molar-refractivity contribution in [3.8, 4) is 0 Å². The van der Waals surface area contributed by atoms with Crippen molar-refractivity contribution < 1.29 is 26.7 Å². The van der Waals surface area contributed by atoms with Crippen molar-refractivity contribution in [2.75, 3.05) is 6.61 Å². The highest BCUT2D eigenvalue weighted by molar-refractivity contribution is 7.96. The number of rotatable bonds is 5. The minimum atomic E-state index is -4.01. The molecule has 0 spiro atoms. The van der Waals surface area contributed by atoms with Crippen LogP contribution < -0.4 is 0 Å². The van der Waals surface area contributed by atoms with E-state index in [4.69, 9.17) is 4.74 Å². The molecule has 8 heteroatoms. The molecule has 1 saturated heterocycles. The first-order valence-corrected chi connectivity index (χ1v) is 11.5. The Kier molecular flexibility index (Phi) is 4.46. The maximum absolute atomic E-state index is 13.3. The van der Waals surface area contributed by atoms with Gasteiger partial charge in [0.25, 0.3) is 0 Å². The second-order valence-electron chi connectivity index (χ2n) is 6.57. The van der Waals surface area contributed by atoms with Gasteiger partial charge in [0.1, 0.15) is 16.6 Å². The summed E-state index contributed by atoms with van der Waals surface area (Å²) in [4.78, 5) is 0.0926. The number of aliphatic hydroxyl groups is 1. The standard InChI is InChI=1S/C19H18O6S2/c20-12-13-11-16-18(26(21,22)14-7-3-1-4-8-14)19(17(13)25-16)27(23,24)15-9-5-2-6-10-15/h1-11,16-20H,12H2/t16-,17+,18+,19+/m0/s1. The molecule has 0 saturated carbocycles. The molecular weight excluding hydrogens is 388 g/mol. The van der Waals surface area contributed by atoms with Gasteiger partial charge >= 0.3 is 0 Å². The van der Waals surface area contributed by atoms with Crippen LogP contribution in [0.5, 0.6) is 0 Å². The highest BCUT2D eigenvalue weighted by atomic mass is 32.2. The Morgan fingerprint density at radius 1 is 0.778 bits per heavy atom. The molecule has 0 amide bonds. The minimum absolute atomic E-state index is 0.0386. The molecule has 1 N–H and O–H groups in total. The molecule has 2 aromatic rings. The predicted octanol–water partition coefficient (Wildman–Crippen LogP) is 1.37. The average molecular weight is 406 g/mol. The number of sulfone groups is 2. The highest BCUT2D eigenvalue weighted by Crippen LogP contribution is 2.44. The molecule has 2 aliphatic heterocycles. The molecule has 142 valence electrons. The van der Waals surface area contributed by atoms with Gasteiger partial charge in [-0.1, -0.05) is 42.5 Å². The van der Waals surface area contributed by atoms with Crippen LogP contribution in [-0.4, -0.2) is 51.3 Å². The van der Waals surface area contributed by atoms with E-state index in [1.54, 1.807) is 36.4 Å². The van der Waals surface area contributed by atoms with E-state index in [9.17, 15) is 21.9 Å². The smallest absolute Gasteiger partial charge is 0.185 e. The summed E-state index contributed by atoms with van der Waals surface area (Å²) in [6.07, 6.45) is -0.355. The van der Waals surface area contributed by atoms with Crippen molar-refractivity contribution in [1.82, 2.24) is 0 Å². The zero-order valence-electron chi connectivity index (χ0n) is 14.2. The van der Waals surface area contributed by atoms with Gasteiger partial charge in [-0.25, -0.2) is 16.8 Å². The quantitative estimate of drug-likeness (QED) is 0.754. The molecular formula is C19H18O6S2. The fourth-order valence-electron chi connectivity index (χ4n) is 3.79. The fourth-order valence-corrected chi connectivity index (χ4v) is 8.43. The van der Waals surface area contributed by atoms with Crippen LogP contribution in [-0.2, 0) is 24.4 Å². The number of hydrogen-bond acceptors (Lipinski definition) is 6. The van der Waals surface area contributed by atoms with E-state index < -0.39 is 42.4 Å². The molecule has 0 aliphatic carbocycles. The second-order valence-corrected chi connectivity index (χ2v) is 10.8. The van der Waals surface area contributed by atoms with Crippen LogP contribution in [0.4, 0.5) is 0 Å². The van der Waals surface area contributed by atoms with Crippen LogP contribution >= 0.6 is 0 Å². The Morgan fingerprint density at radius 3 is 1.74 bits per heavy atom. The van der Waals surface area contributed by atoms with E-state index in [1.165, 1.54) is 30.3 Å². The van der Waals surface area contributed by atoms with Gasteiger partial charge in [-0.3, -0.25) is 0 Å². The molecule has 0 radical (unpaired) electrons. The van der Waals surface area contributed by atoms with Gasteiger partial charge in [0.05, 0.1) is 22.5 Å². The van der Waals surface area contributed by atoms with Gasteiger partial charge < -0.3 is 9.84 Å². The number of fused-ring (bicyclic) bond motifs is 2.